The average Bonchev–Trinajstić information content (AvgIpc) is 2.77. The first kappa shape index (κ1) is 29.6. The van der Waals surface area contributed by atoms with E-state index in [0.717, 1.165) is 37.7 Å². The van der Waals surface area contributed by atoms with E-state index in [2.05, 4.69) is 65.6 Å². The highest BCUT2D eigenvalue weighted by Crippen LogP contribution is 2.38. The zero-order valence-corrected chi connectivity index (χ0v) is 24.0. The molecule has 5 nitrogen and oxygen atoms in total. The Bertz CT molecular complexity index is 891. The van der Waals surface area contributed by atoms with Crippen molar-refractivity contribution in [2.24, 2.45) is 0 Å². The molecule has 0 spiro atoms. The molecular formula is C26H36Br2O5. The van der Waals surface area contributed by atoms with Gasteiger partial charge in [-0.3, -0.25) is 4.79 Å². The Hall–Kier alpha value is -1.41. The number of methoxy groups -OCH3 is 2. The van der Waals surface area contributed by atoms with Gasteiger partial charge in [-0.2, -0.15) is 0 Å². The Kier molecular flexibility index (Phi) is 13.3. The molecule has 0 saturated heterocycles. The third kappa shape index (κ3) is 8.39. The zero-order valence-electron chi connectivity index (χ0n) is 20.8. The van der Waals surface area contributed by atoms with Crippen molar-refractivity contribution in [3.63, 3.8) is 0 Å². The molecule has 0 fully saturated rings. The van der Waals surface area contributed by atoms with Gasteiger partial charge in [0, 0.05) is 22.2 Å². The Balaban J connectivity index is 0.000000346. The number of aldehydes is 1. The maximum Gasteiger partial charge on any atom is 0.187 e. The maximum absolute atomic E-state index is 10.8. The molecule has 0 heterocycles. The molecule has 2 aromatic carbocycles. The van der Waals surface area contributed by atoms with Crippen LogP contribution >= 0.6 is 31.9 Å². The lowest BCUT2D eigenvalue weighted by atomic mass is 9.98. The van der Waals surface area contributed by atoms with Gasteiger partial charge in [-0.1, -0.05) is 59.6 Å². The Labute approximate surface area is 215 Å². The molecule has 0 saturated carbocycles. The second-order valence-electron chi connectivity index (χ2n) is 7.90. The van der Waals surface area contributed by atoms with Crippen LogP contribution in [0.3, 0.4) is 0 Å². The minimum atomic E-state index is -0.389. The lowest BCUT2D eigenvalue weighted by molar-refractivity contribution is -0.141. The predicted molar refractivity (Wildman–Crippen MR) is 141 cm³/mol. The number of rotatable bonds is 10. The molecule has 0 atom stereocenters. The Morgan fingerprint density at radius 2 is 1.18 bits per heavy atom. The normalized spacial score (nSPS) is 10.9. The highest BCUT2D eigenvalue weighted by Gasteiger charge is 2.21. The van der Waals surface area contributed by atoms with Gasteiger partial charge in [0.15, 0.2) is 12.6 Å². The van der Waals surface area contributed by atoms with Crippen molar-refractivity contribution in [1.82, 2.24) is 0 Å². The van der Waals surface area contributed by atoms with E-state index in [9.17, 15) is 4.79 Å². The number of ether oxygens (including phenoxy) is 4. The van der Waals surface area contributed by atoms with Gasteiger partial charge in [0.25, 0.3) is 0 Å². The van der Waals surface area contributed by atoms with E-state index in [1.54, 1.807) is 20.3 Å². The summed E-state index contributed by atoms with van der Waals surface area (Å²) < 4.78 is 24.1. The van der Waals surface area contributed by atoms with Gasteiger partial charge in [0.05, 0.1) is 25.3 Å². The summed E-state index contributed by atoms with van der Waals surface area (Å²) in [5.41, 5.74) is 3.72. The number of benzene rings is 2. The van der Waals surface area contributed by atoms with Gasteiger partial charge in [0.1, 0.15) is 11.5 Å². The third-order valence-electron chi connectivity index (χ3n) is 4.89. The van der Waals surface area contributed by atoms with Crippen LogP contribution in [0.2, 0.25) is 0 Å². The van der Waals surface area contributed by atoms with Gasteiger partial charge in [0.2, 0.25) is 0 Å². The topological polar surface area (TPSA) is 54.0 Å². The predicted octanol–water partition coefficient (Wildman–Crippen LogP) is 8.05. The molecule has 0 aromatic heterocycles. The monoisotopic (exact) mass is 586 g/mol. The Morgan fingerprint density at radius 1 is 0.758 bits per heavy atom. The maximum atomic E-state index is 10.8. The number of halogens is 2. The van der Waals surface area contributed by atoms with E-state index >= 15 is 0 Å². The van der Waals surface area contributed by atoms with Crippen molar-refractivity contribution in [2.75, 3.05) is 27.4 Å². The zero-order chi connectivity index (χ0) is 25.1. The van der Waals surface area contributed by atoms with E-state index in [4.69, 9.17) is 18.9 Å². The summed E-state index contributed by atoms with van der Waals surface area (Å²) in [6.07, 6.45) is 0.426. The van der Waals surface area contributed by atoms with Crippen molar-refractivity contribution >= 4 is 38.1 Å². The Morgan fingerprint density at radius 3 is 1.58 bits per heavy atom. The van der Waals surface area contributed by atoms with Crippen LogP contribution in [-0.4, -0.2) is 33.7 Å². The standard InChI is InChI=1S/C15H23BrO3.C11H13BrO2/c1-6-18-15(19-7-2)13-9-11(16)8-12(10(3)4)14(13)17-5;1-7(2)10-5-9(12)4-8(6-13)11(10)14-3/h8-10,15H,6-7H2,1-5H3;4-7H,1-3H3. The molecule has 0 unspecified atom stereocenters. The van der Waals surface area contributed by atoms with Gasteiger partial charge in [-0.05, 0) is 61.1 Å². The smallest absolute Gasteiger partial charge is 0.187 e. The molecule has 0 amide bonds. The molecule has 0 aliphatic rings. The van der Waals surface area contributed by atoms with Crippen molar-refractivity contribution < 1.29 is 23.7 Å². The summed E-state index contributed by atoms with van der Waals surface area (Å²) in [6.45, 7) is 13.5. The first-order chi connectivity index (χ1) is 15.6. The van der Waals surface area contributed by atoms with Crippen LogP contribution < -0.4 is 9.47 Å². The average molecular weight is 588 g/mol. The van der Waals surface area contributed by atoms with E-state index in [1.165, 1.54) is 0 Å². The molecule has 0 aliphatic carbocycles. The highest BCUT2D eigenvalue weighted by atomic mass is 79.9. The fraction of sp³-hybridized carbons (Fsp3) is 0.500. The fourth-order valence-electron chi connectivity index (χ4n) is 3.40. The molecule has 2 aromatic rings. The molecule has 184 valence electrons. The van der Waals surface area contributed by atoms with E-state index in [0.29, 0.717) is 36.4 Å². The third-order valence-corrected chi connectivity index (χ3v) is 5.81. The van der Waals surface area contributed by atoms with E-state index in [-0.39, 0.29) is 6.29 Å². The van der Waals surface area contributed by atoms with Gasteiger partial charge in [-0.25, -0.2) is 0 Å². The van der Waals surface area contributed by atoms with Crippen LogP contribution in [0.5, 0.6) is 11.5 Å². The van der Waals surface area contributed by atoms with E-state index < -0.39 is 0 Å². The first-order valence-electron chi connectivity index (χ1n) is 11.1. The molecule has 0 N–H and O–H groups in total. The summed E-state index contributed by atoms with van der Waals surface area (Å²) in [5.74, 6) is 2.24. The van der Waals surface area contributed by atoms with Gasteiger partial charge >= 0.3 is 0 Å². The number of hydrogen-bond acceptors (Lipinski definition) is 5. The summed E-state index contributed by atoms with van der Waals surface area (Å²) in [7, 11) is 3.27. The number of carbonyl (C=O) groups is 1. The first-order valence-corrected chi connectivity index (χ1v) is 12.7. The molecule has 0 aliphatic heterocycles. The summed E-state index contributed by atoms with van der Waals surface area (Å²) in [6, 6.07) is 7.83. The van der Waals surface area contributed by atoms with E-state index in [1.807, 2.05) is 26.0 Å². The van der Waals surface area contributed by atoms with Crippen LogP contribution in [0.25, 0.3) is 0 Å². The minimum absolute atomic E-state index is 0.334. The van der Waals surface area contributed by atoms with Crippen molar-refractivity contribution in [3.05, 3.63) is 55.5 Å². The molecule has 33 heavy (non-hydrogen) atoms. The minimum Gasteiger partial charge on any atom is -0.496 e. The molecule has 2 rings (SSSR count). The number of carbonyl (C=O) groups excluding carboxylic acids is 1. The molecule has 0 radical (unpaired) electrons. The van der Waals surface area contributed by atoms with Crippen LogP contribution in [0, 0.1) is 0 Å². The quantitative estimate of drug-likeness (QED) is 0.208. The fourth-order valence-corrected chi connectivity index (χ4v) is 4.38. The lowest BCUT2D eigenvalue weighted by Gasteiger charge is -2.23. The summed E-state index contributed by atoms with van der Waals surface area (Å²) >= 11 is 6.92. The van der Waals surface area contributed by atoms with Crippen LogP contribution in [0.4, 0.5) is 0 Å². The molecule has 7 heteroatoms. The SMILES string of the molecule is CCOC(OCC)c1cc(Br)cc(C(C)C)c1OC.COc1c(C=O)cc(Br)cc1C(C)C. The molecular weight excluding hydrogens is 552 g/mol. The molecule has 0 bridgehead atoms. The van der Waals surface area contributed by atoms with Gasteiger partial charge in [-0.15, -0.1) is 0 Å². The van der Waals surface area contributed by atoms with Crippen molar-refractivity contribution in [1.29, 1.82) is 0 Å². The second kappa shape index (κ2) is 14.8. The lowest BCUT2D eigenvalue weighted by Crippen LogP contribution is -2.11. The van der Waals surface area contributed by atoms with Crippen LogP contribution in [0.1, 0.15) is 86.7 Å². The number of hydrogen-bond donors (Lipinski definition) is 0. The summed E-state index contributed by atoms with van der Waals surface area (Å²) in [5, 5.41) is 0. The highest BCUT2D eigenvalue weighted by molar-refractivity contribution is 9.10. The largest absolute Gasteiger partial charge is 0.496 e. The summed E-state index contributed by atoms with van der Waals surface area (Å²) in [4.78, 5) is 10.8. The van der Waals surface area contributed by atoms with Crippen molar-refractivity contribution in [3.8, 4) is 11.5 Å². The van der Waals surface area contributed by atoms with Crippen LogP contribution in [0.15, 0.2) is 33.2 Å². The van der Waals surface area contributed by atoms with Crippen molar-refractivity contribution in [2.45, 2.75) is 59.7 Å². The van der Waals surface area contributed by atoms with Gasteiger partial charge < -0.3 is 18.9 Å². The second-order valence-corrected chi connectivity index (χ2v) is 9.74. The van der Waals surface area contributed by atoms with Crippen LogP contribution in [-0.2, 0) is 9.47 Å².